The van der Waals surface area contributed by atoms with Crippen LogP contribution in [-0.2, 0) is 0 Å². The molecule has 2 rings (SSSR count). The molecule has 1 fully saturated rings. The second kappa shape index (κ2) is 4.62. The predicted octanol–water partition coefficient (Wildman–Crippen LogP) is 3.01. The largest absolute Gasteiger partial charge is 0.328 e. The monoisotopic (exact) mass is 224 g/mol. The topological polar surface area (TPSA) is 38.9 Å². The maximum absolute atomic E-state index is 6.07. The van der Waals surface area contributed by atoms with Crippen molar-refractivity contribution in [3.05, 3.63) is 16.6 Å². The molecule has 2 nitrogen and oxygen atoms in total. The van der Waals surface area contributed by atoms with Gasteiger partial charge in [-0.05, 0) is 31.1 Å². The lowest BCUT2D eigenvalue weighted by atomic mass is 9.72. The Hall–Kier alpha value is -0.410. The van der Waals surface area contributed by atoms with Crippen LogP contribution < -0.4 is 5.73 Å². The first-order chi connectivity index (χ1) is 7.18. The van der Waals surface area contributed by atoms with Gasteiger partial charge in [-0.2, -0.15) is 0 Å². The van der Waals surface area contributed by atoms with E-state index in [1.165, 1.54) is 17.8 Å². The van der Waals surface area contributed by atoms with E-state index in [2.05, 4.69) is 24.2 Å². The van der Waals surface area contributed by atoms with E-state index in [1.54, 1.807) is 11.3 Å². The van der Waals surface area contributed by atoms with Crippen LogP contribution >= 0.6 is 11.3 Å². The SMILES string of the molecule is CC(C)C1CCC(N)CC1c1nccs1. The molecule has 15 heavy (non-hydrogen) atoms. The summed E-state index contributed by atoms with van der Waals surface area (Å²) in [4.78, 5) is 4.47. The lowest BCUT2D eigenvalue weighted by Crippen LogP contribution is -2.34. The maximum Gasteiger partial charge on any atom is 0.0959 e. The molecule has 1 aromatic rings. The van der Waals surface area contributed by atoms with Crippen LogP contribution in [0.1, 0.15) is 44.0 Å². The third-order valence-electron chi connectivity index (χ3n) is 3.57. The van der Waals surface area contributed by atoms with E-state index >= 15 is 0 Å². The highest BCUT2D eigenvalue weighted by Crippen LogP contribution is 2.41. The van der Waals surface area contributed by atoms with Gasteiger partial charge in [0.05, 0.1) is 5.01 Å². The molecule has 0 aromatic carbocycles. The Kier molecular flexibility index (Phi) is 3.42. The summed E-state index contributed by atoms with van der Waals surface area (Å²) in [5.41, 5.74) is 6.07. The lowest BCUT2D eigenvalue weighted by Gasteiger charge is -2.36. The highest BCUT2D eigenvalue weighted by molar-refractivity contribution is 7.09. The lowest BCUT2D eigenvalue weighted by molar-refractivity contribution is 0.220. The number of hydrogen-bond donors (Lipinski definition) is 1. The minimum atomic E-state index is 0.383. The summed E-state index contributed by atoms with van der Waals surface area (Å²) >= 11 is 1.79. The molecule has 0 amide bonds. The number of thiazole rings is 1. The van der Waals surface area contributed by atoms with E-state index in [1.807, 2.05) is 6.20 Å². The van der Waals surface area contributed by atoms with Gasteiger partial charge in [-0.1, -0.05) is 13.8 Å². The number of nitrogens with zero attached hydrogens (tertiary/aromatic N) is 1. The predicted molar refractivity (Wildman–Crippen MR) is 65.0 cm³/mol. The third kappa shape index (κ3) is 2.40. The molecule has 3 unspecified atom stereocenters. The zero-order chi connectivity index (χ0) is 10.8. The number of nitrogens with two attached hydrogens (primary N) is 1. The van der Waals surface area contributed by atoms with Gasteiger partial charge in [0.25, 0.3) is 0 Å². The van der Waals surface area contributed by atoms with Gasteiger partial charge in [0.15, 0.2) is 0 Å². The fourth-order valence-corrected chi connectivity index (χ4v) is 3.55. The summed E-state index contributed by atoms with van der Waals surface area (Å²) in [5.74, 6) is 2.12. The van der Waals surface area contributed by atoms with Crippen molar-refractivity contribution in [2.24, 2.45) is 17.6 Å². The standard InChI is InChI=1S/C12H20N2S/c1-8(2)10-4-3-9(13)7-11(10)12-14-5-6-15-12/h5-6,8-11H,3-4,7,13H2,1-2H3. The molecule has 0 radical (unpaired) electrons. The van der Waals surface area contributed by atoms with Crippen LogP contribution in [0.5, 0.6) is 0 Å². The number of aromatic nitrogens is 1. The highest BCUT2D eigenvalue weighted by atomic mass is 32.1. The Morgan fingerprint density at radius 3 is 2.87 bits per heavy atom. The average Bonchev–Trinajstić information content (AvgIpc) is 2.69. The van der Waals surface area contributed by atoms with E-state index < -0.39 is 0 Å². The second-order valence-electron chi connectivity index (χ2n) is 4.96. The van der Waals surface area contributed by atoms with Crippen molar-refractivity contribution in [1.82, 2.24) is 4.98 Å². The van der Waals surface area contributed by atoms with Gasteiger partial charge in [0, 0.05) is 23.5 Å². The molecule has 0 bridgehead atoms. The Morgan fingerprint density at radius 1 is 1.47 bits per heavy atom. The molecule has 3 atom stereocenters. The fourth-order valence-electron chi connectivity index (χ4n) is 2.73. The molecule has 1 heterocycles. The van der Waals surface area contributed by atoms with Crippen molar-refractivity contribution >= 4 is 11.3 Å². The van der Waals surface area contributed by atoms with E-state index in [-0.39, 0.29) is 0 Å². The summed E-state index contributed by atoms with van der Waals surface area (Å²) in [6.07, 6.45) is 5.49. The van der Waals surface area contributed by atoms with E-state index in [0.717, 1.165) is 18.3 Å². The van der Waals surface area contributed by atoms with Crippen LogP contribution in [-0.4, -0.2) is 11.0 Å². The van der Waals surface area contributed by atoms with Crippen molar-refractivity contribution in [3.63, 3.8) is 0 Å². The first-order valence-electron chi connectivity index (χ1n) is 5.83. The summed E-state index contributed by atoms with van der Waals surface area (Å²) in [5, 5.41) is 3.37. The Morgan fingerprint density at radius 2 is 2.27 bits per heavy atom. The molecule has 1 saturated carbocycles. The van der Waals surface area contributed by atoms with Crippen molar-refractivity contribution < 1.29 is 0 Å². The van der Waals surface area contributed by atoms with Crippen molar-refractivity contribution in [2.75, 3.05) is 0 Å². The van der Waals surface area contributed by atoms with Crippen LogP contribution in [0, 0.1) is 11.8 Å². The number of rotatable bonds is 2. The molecule has 3 heteroatoms. The molecule has 1 aliphatic rings. The van der Waals surface area contributed by atoms with Crippen LogP contribution in [0.3, 0.4) is 0 Å². The molecule has 1 aromatic heterocycles. The zero-order valence-electron chi connectivity index (χ0n) is 9.52. The van der Waals surface area contributed by atoms with Crippen LogP contribution in [0.25, 0.3) is 0 Å². The first-order valence-corrected chi connectivity index (χ1v) is 6.71. The van der Waals surface area contributed by atoms with Gasteiger partial charge in [-0.15, -0.1) is 11.3 Å². The van der Waals surface area contributed by atoms with Crippen molar-refractivity contribution in [1.29, 1.82) is 0 Å². The van der Waals surface area contributed by atoms with Gasteiger partial charge in [-0.3, -0.25) is 0 Å². The molecule has 0 spiro atoms. The van der Waals surface area contributed by atoms with Gasteiger partial charge in [0.2, 0.25) is 0 Å². The smallest absolute Gasteiger partial charge is 0.0959 e. The van der Waals surface area contributed by atoms with Crippen LogP contribution in [0.15, 0.2) is 11.6 Å². The molecule has 1 aliphatic carbocycles. The molecule has 84 valence electrons. The summed E-state index contributed by atoms with van der Waals surface area (Å²) in [6.45, 7) is 4.64. The van der Waals surface area contributed by atoms with Gasteiger partial charge >= 0.3 is 0 Å². The average molecular weight is 224 g/mol. The van der Waals surface area contributed by atoms with Crippen LogP contribution in [0.4, 0.5) is 0 Å². The second-order valence-corrected chi connectivity index (χ2v) is 5.88. The Bertz CT molecular complexity index is 295. The first kappa shape index (κ1) is 11.1. The van der Waals surface area contributed by atoms with Crippen molar-refractivity contribution in [2.45, 2.75) is 45.1 Å². The minimum Gasteiger partial charge on any atom is -0.328 e. The minimum absolute atomic E-state index is 0.383. The van der Waals surface area contributed by atoms with Gasteiger partial charge in [-0.25, -0.2) is 4.98 Å². The van der Waals surface area contributed by atoms with E-state index in [9.17, 15) is 0 Å². The summed E-state index contributed by atoms with van der Waals surface area (Å²) < 4.78 is 0. The van der Waals surface area contributed by atoms with Gasteiger partial charge in [0.1, 0.15) is 0 Å². The molecule has 0 aliphatic heterocycles. The third-order valence-corrected chi connectivity index (χ3v) is 4.48. The normalized spacial score (nSPS) is 32.1. The fraction of sp³-hybridized carbons (Fsp3) is 0.750. The zero-order valence-corrected chi connectivity index (χ0v) is 10.3. The van der Waals surface area contributed by atoms with E-state index in [4.69, 9.17) is 5.73 Å². The molecular formula is C12H20N2S. The summed E-state index contributed by atoms with van der Waals surface area (Å²) in [7, 11) is 0. The molecule has 0 saturated heterocycles. The van der Waals surface area contributed by atoms with Crippen LogP contribution in [0.2, 0.25) is 0 Å². The Balaban J connectivity index is 2.17. The number of hydrogen-bond acceptors (Lipinski definition) is 3. The van der Waals surface area contributed by atoms with Crippen molar-refractivity contribution in [3.8, 4) is 0 Å². The van der Waals surface area contributed by atoms with E-state index in [0.29, 0.717) is 12.0 Å². The summed E-state index contributed by atoms with van der Waals surface area (Å²) in [6, 6.07) is 0.383. The quantitative estimate of drug-likeness (QED) is 0.838. The molecule has 2 N–H and O–H groups in total. The highest BCUT2D eigenvalue weighted by Gasteiger charge is 2.33. The van der Waals surface area contributed by atoms with Gasteiger partial charge < -0.3 is 5.73 Å². The maximum atomic E-state index is 6.07. The Labute approximate surface area is 95.9 Å². The molecular weight excluding hydrogens is 204 g/mol.